The summed E-state index contributed by atoms with van der Waals surface area (Å²) >= 11 is 0. The third-order valence-corrected chi connectivity index (χ3v) is 4.34. The highest BCUT2D eigenvalue weighted by molar-refractivity contribution is 5.81. The van der Waals surface area contributed by atoms with Crippen molar-refractivity contribution in [3.8, 4) is 5.75 Å². The fourth-order valence-corrected chi connectivity index (χ4v) is 3.07. The molecular weight excluding hydrogens is 273 g/mol. The first-order valence-electron chi connectivity index (χ1n) is 7.33. The summed E-state index contributed by atoms with van der Waals surface area (Å²) in [6.07, 6.45) is 4.03. The van der Waals surface area contributed by atoms with Crippen molar-refractivity contribution in [2.24, 2.45) is 0 Å². The van der Waals surface area contributed by atoms with Crippen molar-refractivity contribution in [2.75, 3.05) is 20.2 Å². The van der Waals surface area contributed by atoms with Gasteiger partial charge in [-0.05, 0) is 45.0 Å². The van der Waals surface area contributed by atoms with Crippen molar-refractivity contribution in [1.29, 1.82) is 0 Å². The van der Waals surface area contributed by atoms with Gasteiger partial charge in [0.05, 0.1) is 12.7 Å². The minimum absolute atomic E-state index is 0.113. The van der Waals surface area contributed by atoms with E-state index in [-0.39, 0.29) is 11.3 Å². The Morgan fingerprint density at radius 1 is 1.29 bits per heavy atom. The number of carboxylic acids is 1. The SMILES string of the molecule is COc1cccc(F)c1C(C)(C(=O)O)N1CCCCCC1. The van der Waals surface area contributed by atoms with E-state index in [2.05, 4.69) is 0 Å². The van der Waals surface area contributed by atoms with Crippen molar-refractivity contribution >= 4 is 5.97 Å². The lowest BCUT2D eigenvalue weighted by Gasteiger charge is -2.38. The summed E-state index contributed by atoms with van der Waals surface area (Å²) in [5, 5.41) is 9.81. The minimum atomic E-state index is -1.42. The molecule has 116 valence electrons. The summed E-state index contributed by atoms with van der Waals surface area (Å²) in [4.78, 5) is 13.9. The first-order valence-corrected chi connectivity index (χ1v) is 7.33. The Bertz CT molecular complexity index is 512. The molecule has 1 aromatic rings. The Balaban J connectivity index is 2.54. The average Bonchev–Trinajstić information content (AvgIpc) is 2.75. The van der Waals surface area contributed by atoms with Gasteiger partial charge in [-0.1, -0.05) is 18.9 Å². The summed E-state index contributed by atoms with van der Waals surface area (Å²) in [6, 6.07) is 4.43. The molecule has 1 aliphatic rings. The second kappa shape index (κ2) is 6.43. The van der Waals surface area contributed by atoms with Gasteiger partial charge in [0.1, 0.15) is 17.1 Å². The van der Waals surface area contributed by atoms with Crippen LogP contribution in [0.1, 0.15) is 38.2 Å². The standard InChI is InChI=1S/C16H22FNO3/c1-16(15(19)20,18-10-5-3-4-6-11-18)14-12(17)8-7-9-13(14)21-2/h7-9H,3-6,10-11H2,1-2H3,(H,19,20). The number of aliphatic carboxylic acids is 1. The quantitative estimate of drug-likeness (QED) is 0.927. The summed E-state index contributed by atoms with van der Waals surface area (Å²) in [7, 11) is 1.43. The van der Waals surface area contributed by atoms with Crippen LogP contribution >= 0.6 is 0 Å². The number of ether oxygens (including phenoxy) is 1. The summed E-state index contributed by atoms with van der Waals surface area (Å²) in [5.41, 5.74) is -1.30. The van der Waals surface area contributed by atoms with Crippen LogP contribution in [0.4, 0.5) is 4.39 Å². The molecule has 1 aliphatic heterocycles. The molecule has 4 nitrogen and oxygen atoms in total. The van der Waals surface area contributed by atoms with Crippen molar-refractivity contribution in [3.63, 3.8) is 0 Å². The van der Waals surface area contributed by atoms with Gasteiger partial charge in [0, 0.05) is 0 Å². The molecule has 1 atom stereocenters. The molecule has 0 aliphatic carbocycles. The first kappa shape index (κ1) is 15.8. The normalized spacial score (nSPS) is 19.6. The zero-order chi connectivity index (χ0) is 15.5. The summed E-state index contributed by atoms with van der Waals surface area (Å²) < 4.78 is 19.6. The highest BCUT2D eigenvalue weighted by atomic mass is 19.1. The minimum Gasteiger partial charge on any atom is -0.496 e. The Kier molecular flexibility index (Phi) is 4.83. The number of methoxy groups -OCH3 is 1. The molecule has 1 unspecified atom stereocenters. The van der Waals surface area contributed by atoms with Crippen LogP contribution in [-0.4, -0.2) is 36.2 Å². The van der Waals surface area contributed by atoms with Gasteiger partial charge in [-0.2, -0.15) is 0 Å². The molecule has 2 rings (SSSR count). The zero-order valence-electron chi connectivity index (χ0n) is 12.6. The number of carboxylic acid groups (broad SMARTS) is 1. The number of hydrogen-bond acceptors (Lipinski definition) is 3. The third-order valence-electron chi connectivity index (χ3n) is 4.34. The van der Waals surface area contributed by atoms with E-state index in [9.17, 15) is 14.3 Å². The van der Waals surface area contributed by atoms with E-state index in [1.54, 1.807) is 13.0 Å². The van der Waals surface area contributed by atoms with Crippen molar-refractivity contribution in [3.05, 3.63) is 29.6 Å². The van der Waals surface area contributed by atoms with Gasteiger partial charge >= 0.3 is 5.97 Å². The van der Waals surface area contributed by atoms with Gasteiger partial charge in [0.25, 0.3) is 0 Å². The number of rotatable bonds is 4. The molecule has 0 amide bonds. The fourth-order valence-electron chi connectivity index (χ4n) is 3.07. The van der Waals surface area contributed by atoms with E-state index in [0.29, 0.717) is 13.1 Å². The van der Waals surface area contributed by atoms with Crippen LogP contribution in [0.3, 0.4) is 0 Å². The molecule has 1 heterocycles. The maximum atomic E-state index is 14.4. The van der Waals surface area contributed by atoms with Crippen LogP contribution < -0.4 is 4.74 Å². The number of hydrogen-bond donors (Lipinski definition) is 1. The largest absolute Gasteiger partial charge is 0.496 e. The van der Waals surface area contributed by atoms with Crippen LogP contribution in [0.15, 0.2) is 18.2 Å². The molecule has 1 fully saturated rings. The monoisotopic (exact) mass is 295 g/mol. The maximum absolute atomic E-state index is 14.4. The van der Waals surface area contributed by atoms with Gasteiger partial charge < -0.3 is 9.84 Å². The molecule has 0 bridgehead atoms. The first-order chi connectivity index (χ1) is 10.0. The van der Waals surface area contributed by atoms with Crippen LogP contribution in [0.25, 0.3) is 0 Å². The van der Waals surface area contributed by atoms with E-state index in [1.165, 1.54) is 19.2 Å². The number of halogens is 1. The van der Waals surface area contributed by atoms with E-state index < -0.39 is 17.3 Å². The number of nitrogens with zero attached hydrogens (tertiary/aromatic N) is 1. The maximum Gasteiger partial charge on any atom is 0.328 e. The van der Waals surface area contributed by atoms with Gasteiger partial charge in [0.15, 0.2) is 0 Å². The predicted molar refractivity (Wildman–Crippen MR) is 78.0 cm³/mol. The van der Waals surface area contributed by atoms with Crippen LogP contribution in [0.2, 0.25) is 0 Å². The molecule has 0 saturated carbocycles. The Labute approximate surface area is 124 Å². The van der Waals surface area contributed by atoms with Gasteiger partial charge in [-0.3, -0.25) is 4.90 Å². The number of carbonyl (C=O) groups is 1. The molecule has 5 heteroatoms. The fraction of sp³-hybridized carbons (Fsp3) is 0.562. The molecule has 1 saturated heterocycles. The van der Waals surface area contributed by atoms with Gasteiger partial charge in [-0.15, -0.1) is 0 Å². The molecule has 1 aromatic carbocycles. The lowest BCUT2D eigenvalue weighted by Crippen LogP contribution is -2.51. The highest BCUT2D eigenvalue weighted by Gasteiger charge is 2.45. The predicted octanol–water partition coefficient (Wildman–Crippen LogP) is 3.01. The second-order valence-corrected chi connectivity index (χ2v) is 5.60. The lowest BCUT2D eigenvalue weighted by molar-refractivity contribution is -0.151. The van der Waals surface area contributed by atoms with E-state index in [1.807, 2.05) is 4.90 Å². The molecule has 0 radical (unpaired) electrons. The molecule has 0 aromatic heterocycles. The Hall–Kier alpha value is -1.62. The van der Waals surface area contributed by atoms with Crippen LogP contribution in [0.5, 0.6) is 5.75 Å². The highest BCUT2D eigenvalue weighted by Crippen LogP contribution is 2.38. The Morgan fingerprint density at radius 3 is 2.43 bits per heavy atom. The van der Waals surface area contributed by atoms with Crippen molar-refractivity contribution in [1.82, 2.24) is 4.90 Å². The van der Waals surface area contributed by atoms with E-state index >= 15 is 0 Å². The van der Waals surface area contributed by atoms with Crippen LogP contribution in [-0.2, 0) is 10.3 Å². The van der Waals surface area contributed by atoms with E-state index in [4.69, 9.17) is 4.74 Å². The third kappa shape index (κ3) is 2.88. The lowest BCUT2D eigenvalue weighted by atomic mass is 9.88. The Morgan fingerprint density at radius 2 is 1.90 bits per heavy atom. The molecule has 21 heavy (non-hydrogen) atoms. The molecule has 0 spiro atoms. The summed E-state index contributed by atoms with van der Waals surface area (Å²) in [5.74, 6) is -1.31. The van der Waals surface area contributed by atoms with E-state index in [0.717, 1.165) is 25.7 Å². The van der Waals surface area contributed by atoms with Gasteiger partial charge in [0.2, 0.25) is 0 Å². The van der Waals surface area contributed by atoms with Crippen molar-refractivity contribution < 1.29 is 19.0 Å². The molecule has 1 N–H and O–H groups in total. The van der Waals surface area contributed by atoms with Crippen LogP contribution in [0, 0.1) is 5.82 Å². The zero-order valence-corrected chi connectivity index (χ0v) is 12.6. The number of likely N-dealkylation sites (tertiary alicyclic amines) is 1. The second-order valence-electron chi connectivity index (χ2n) is 5.60. The number of benzene rings is 1. The molecular formula is C16H22FNO3. The topological polar surface area (TPSA) is 49.8 Å². The summed E-state index contributed by atoms with van der Waals surface area (Å²) in [6.45, 7) is 2.88. The average molecular weight is 295 g/mol. The smallest absolute Gasteiger partial charge is 0.328 e. The van der Waals surface area contributed by atoms with Gasteiger partial charge in [-0.25, -0.2) is 9.18 Å². The van der Waals surface area contributed by atoms with Crippen molar-refractivity contribution in [2.45, 2.75) is 38.1 Å².